The summed E-state index contributed by atoms with van der Waals surface area (Å²) in [4.78, 5) is 23.5. The predicted octanol–water partition coefficient (Wildman–Crippen LogP) is 1.15. The lowest BCUT2D eigenvalue weighted by atomic mass is 10.1. The van der Waals surface area contributed by atoms with Crippen LogP contribution >= 0.6 is 0 Å². The van der Waals surface area contributed by atoms with Crippen molar-refractivity contribution in [3.05, 3.63) is 17.7 Å². The van der Waals surface area contributed by atoms with Gasteiger partial charge >= 0.3 is 0 Å². The van der Waals surface area contributed by atoms with Gasteiger partial charge in [0.1, 0.15) is 5.82 Å². The highest BCUT2D eigenvalue weighted by Gasteiger charge is 2.38. The van der Waals surface area contributed by atoms with Crippen LogP contribution in [-0.4, -0.2) is 45.9 Å². The Kier molecular flexibility index (Phi) is 3.80. The third-order valence-corrected chi connectivity index (χ3v) is 4.49. The molecule has 2 fully saturated rings. The third-order valence-electron chi connectivity index (χ3n) is 4.49. The van der Waals surface area contributed by atoms with E-state index in [1.807, 2.05) is 13.8 Å². The zero-order valence-corrected chi connectivity index (χ0v) is 12.7. The Morgan fingerprint density at radius 1 is 1.43 bits per heavy atom. The summed E-state index contributed by atoms with van der Waals surface area (Å²) in [5.74, 6) is 0.660. The molecule has 1 aromatic heterocycles. The summed E-state index contributed by atoms with van der Waals surface area (Å²) in [6.45, 7) is 6.23. The van der Waals surface area contributed by atoms with Crippen molar-refractivity contribution < 1.29 is 4.79 Å². The summed E-state index contributed by atoms with van der Waals surface area (Å²) < 4.78 is 0. The maximum Gasteiger partial charge on any atom is 0.272 e. The molecule has 0 aliphatic carbocycles. The first kappa shape index (κ1) is 14.3. The van der Waals surface area contributed by atoms with E-state index in [-0.39, 0.29) is 17.9 Å². The summed E-state index contributed by atoms with van der Waals surface area (Å²) in [6, 6.07) is 0.707. The molecule has 1 aromatic rings. The number of amides is 1. The number of carbonyl (C=O) groups is 1. The SMILES string of the molecule is CC(C)c1ncc(N)c(C(=O)NC2CCN3CCCC23)n1. The van der Waals surface area contributed by atoms with Crippen LogP contribution in [0.4, 0.5) is 5.69 Å². The number of nitrogen functional groups attached to an aromatic ring is 1. The molecule has 0 aromatic carbocycles. The zero-order chi connectivity index (χ0) is 15.0. The number of hydrogen-bond donors (Lipinski definition) is 2. The van der Waals surface area contributed by atoms with E-state index < -0.39 is 0 Å². The number of carbonyl (C=O) groups excluding carboxylic acids is 1. The molecular formula is C15H23N5O. The molecule has 2 aliphatic rings. The molecule has 0 bridgehead atoms. The number of nitrogens with one attached hydrogen (secondary N) is 1. The molecule has 2 aliphatic heterocycles. The first-order valence-electron chi connectivity index (χ1n) is 7.73. The first-order valence-corrected chi connectivity index (χ1v) is 7.73. The number of rotatable bonds is 3. The predicted molar refractivity (Wildman–Crippen MR) is 81.0 cm³/mol. The Labute approximate surface area is 125 Å². The van der Waals surface area contributed by atoms with Crippen LogP contribution in [0.2, 0.25) is 0 Å². The molecule has 0 spiro atoms. The molecule has 3 N–H and O–H groups in total. The summed E-state index contributed by atoms with van der Waals surface area (Å²) in [5, 5.41) is 3.12. The van der Waals surface area contributed by atoms with Gasteiger partial charge in [-0.2, -0.15) is 0 Å². The van der Waals surface area contributed by atoms with E-state index in [1.54, 1.807) is 0 Å². The maximum atomic E-state index is 12.5. The van der Waals surface area contributed by atoms with Crippen LogP contribution < -0.4 is 11.1 Å². The van der Waals surface area contributed by atoms with E-state index >= 15 is 0 Å². The van der Waals surface area contributed by atoms with Crippen molar-refractivity contribution in [2.75, 3.05) is 18.8 Å². The Morgan fingerprint density at radius 3 is 3.00 bits per heavy atom. The first-order chi connectivity index (χ1) is 10.1. The molecule has 6 nitrogen and oxygen atoms in total. The van der Waals surface area contributed by atoms with Crippen LogP contribution in [-0.2, 0) is 0 Å². The quantitative estimate of drug-likeness (QED) is 0.872. The van der Waals surface area contributed by atoms with Gasteiger partial charge in [-0.25, -0.2) is 9.97 Å². The van der Waals surface area contributed by atoms with Gasteiger partial charge in [0.2, 0.25) is 0 Å². The minimum absolute atomic E-state index is 0.171. The molecule has 0 radical (unpaired) electrons. The van der Waals surface area contributed by atoms with Gasteiger partial charge < -0.3 is 11.1 Å². The second-order valence-corrected chi connectivity index (χ2v) is 6.30. The molecule has 21 heavy (non-hydrogen) atoms. The molecule has 2 saturated heterocycles. The van der Waals surface area contributed by atoms with E-state index in [0.717, 1.165) is 19.5 Å². The fraction of sp³-hybridized carbons (Fsp3) is 0.667. The molecular weight excluding hydrogens is 266 g/mol. The highest BCUT2D eigenvalue weighted by Crippen LogP contribution is 2.28. The van der Waals surface area contributed by atoms with Gasteiger partial charge in [0.25, 0.3) is 5.91 Å². The zero-order valence-electron chi connectivity index (χ0n) is 12.7. The van der Waals surface area contributed by atoms with Gasteiger partial charge in [0.05, 0.1) is 11.9 Å². The number of hydrogen-bond acceptors (Lipinski definition) is 5. The minimum atomic E-state index is -0.171. The van der Waals surface area contributed by atoms with Crippen molar-refractivity contribution in [1.29, 1.82) is 0 Å². The summed E-state index contributed by atoms with van der Waals surface area (Å²) >= 11 is 0. The molecule has 114 valence electrons. The molecule has 0 saturated carbocycles. The number of nitrogens with two attached hydrogens (primary N) is 1. The molecule has 3 heterocycles. The summed E-state index contributed by atoms with van der Waals surface area (Å²) in [7, 11) is 0. The van der Waals surface area contributed by atoms with Crippen molar-refractivity contribution in [2.45, 2.75) is 51.1 Å². The number of fused-ring (bicyclic) bond motifs is 1. The third kappa shape index (κ3) is 2.72. The van der Waals surface area contributed by atoms with Gasteiger partial charge in [0, 0.05) is 24.5 Å². The van der Waals surface area contributed by atoms with Crippen LogP contribution in [0.3, 0.4) is 0 Å². The lowest BCUT2D eigenvalue weighted by molar-refractivity contribution is 0.0925. The number of nitrogens with zero attached hydrogens (tertiary/aromatic N) is 3. The lowest BCUT2D eigenvalue weighted by Crippen LogP contribution is -2.42. The molecule has 2 unspecified atom stereocenters. The van der Waals surface area contributed by atoms with E-state index in [1.165, 1.54) is 19.0 Å². The van der Waals surface area contributed by atoms with Crippen molar-refractivity contribution in [2.24, 2.45) is 0 Å². The van der Waals surface area contributed by atoms with Gasteiger partial charge in [-0.05, 0) is 25.8 Å². The smallest absolute Gasteiger partial charge is 0.272 e. The van der Waals surface area contributed by atoms with E-state index in [9.17, 15) is 4.79 Å². The number of anilines is 1. The molecule has 6 heteroatoms. The molecule has 1 amide bonds. The van der Waals surface area contributed by atoms with Crippen molar-refractivity contribution in [3.63, 3.8) is 0 Å². The normalized spacial score (nSPS) is 25.3. The van der Waals surface area contributed by atoms with Crippen molar-refractivity contribution in [1.82, 2.24) is 20.2 Å². The largest absolute Gasteiger partial charge is 0.396 e. The van der Waals surface area contributed by atoms with Gasteiger partial charge in [-0.3, -0.25) is 9.69 Å². The van der Waals surface area contributed by atoms with Crippen LogP contribution in [0.25, 0.3) is 0 Å². The van der Waals surface area contributed by atoms with Crippen molar-refractivity contribution in [3.8, 4) is 0 Å². The second kappa shape index (κ2) is 5.60. The monoisotopic (exact) mass is 289 g/mol. The highest BCUT2D eigenvalue weighted by atomic mass is 16.2. The fourth-order valence-corrected chi connectivity index (χ4v) is 3.35. The summed E-state index contributed by atoms with van der Waals surface area (Å²) in [6.07, 6.45) is 4.94. The average molecular weight is 289 g/mol. The standard InChI is InChI=1S/C15H23N5O/c1-9(2)14-17-8-10(16)13(19-14)15(21)18-11-5-7-20-6-3-4-12(11)20/h8-9,11-12H,3-7,16H2,1-2H3,(H,18,21). The van der Waals surface area contributed by atoms with Gasteiger partial charge in [-0.15, -0.1) is 0 Å². The van der Waals surface area contributed by atoms with E-state index in [0.29, 0.717) is 23.2 Å². The van der Waals surface area contributed by atoms with Crippen molar-refractivity contribution >= 4 is 11.6 Å². The topological polar surface area (TPSA) is 84.1 Å². The second-order valence-electron chi connectivity index (χ2n) is 6.30. The molecule has 2 atom stereocenters. The Balaban J connectivity index is 1.74. The van der Waals surface area contributed by atoms with Gasteiger partial charge in [-0.1, -0.05) is 13.8 Å². The fourth-order valence-electron chi connectivity index (χ4n) is 3.35. The van der Waals surface area contributed by atoms with Crippen LogP contribution in [0, 0.1) is 0 Å². The van der Waals surface area contributed by atoms with E-state index in [4.69, 9.17) is 5.73 Å². The van der Waals surface area contributed by atoms with Gasteiger partial charge in [0.15, 0.2) is 5.69 Å². The van der Waals surface area contributed by atoms with Crippen LogP contribution in [0.5, 0.6) is 0 Å². The summed E-state index contributed by atoms with van der Waals surface area (Å²) in [5.41, 5.74) is 6.53. The number of aromatic nitrogens is 2. The van der Waals surface area contributed by atoms with Crippen LogP contribution in [0.15, 0.2) is 6.20 Å². The minimum Gasteiger partial charge on any atom is -0.396 e. The van der Waals surface area contributed by atoms with Crippen LogP contribution in [0.1, 0.15) is 55.3 Å². The Bertz CT molecular complexity index is 545. The average Bonchev–Trinajstić information content (AvgIpc) is 3.04. The Morgan fingerprint density at radius 2 is 2.24 bits per heavy atom. The Hall–Kier alpha value is -1.69. The molecule has 3 rings (SSSR count). The maximum absolute atomic E-state index is 12.5. The van der Waals surface area contributed by atoms with E-state index in [2.05, 4.69) is 20.2 Å². The lowest BCUT2D eigenvalue weighted by Gasteiger charge is -2.21. The highest BCUT2D eigenvalue weighted by molar-refractivity contribution is 5.97.